The van der Waals surface area contributed by atoms with E-state index < -0.39 is 17.3 Å². The van der Waals surface area contributed by atoms with Crippen LogP contribution in [0.1, 0.15) is 22.8 Å². The zero-order valence-corrected chi connectivity index (χ0v) is 11.2. The summed E-state index contributed by atoms with van der Waals surface area (Å²) in [6.07, 6.45) is 0.577. The Labute approximate surface area is 120 Å². The van der Waals surface area contributed by atoms with Gasteiger partial charge < -0.3 is 5.11 Å². The molecule has 106 valence electrons. The van der Waals surface area contributed by atoms with Crippen molar-refractivity contribution in [1.29, 1.82) is 0 Å². The number of halogens is 1. The van der Waals surface area contributed by atoms with Crippen LogP contribution in [-0.2, 0) is 10.4 Å². The van der Waals surface area contributed by atoms with Crippen LogP contribution >= 0.6 is 0 Å². The summed E-state index contributed by atoms with van der Waals surface area (Å²) < 4.78 is 14.1. The summed E-state index contributed by atoms with van der Waals surface area (Å²) in [7, 11) is 0. The molecule has 1 unspecified atom stereocenters. The third-order valence-electron chi connectivity index (χ3n) is 3.64. The van der Waals surface area contributed by atoms with Crippen molar-refractivity contribution in [2.45, 2.75) is 12.5 Å². The molecular weight excluding hydrogens is 273 g/mol. The number of nitrogens with zero attached hydrogens (tertiary/aromatic N) is 1. The molecule has 5 heteroatoms. The first-order valence-electron chi connectivity index (χ1n) is 6.38. The van der Waals surface area contributed by atoms with E-state index in [1.54, 1.807) is 24.3 Å². The van der Waals surface area contributed by atoms with E-state index in [1.165, 1.54) is 19.1 Å². The van der Waals surface area contributed by atoms with Gasteiger partial charge in [0.15, 0.2) is 5.60 Å². The van der Waals surface area contributed by atoms with Gasteiger partial charge in [0.25, 0.3) is 5.91 Å². The van der Waals surface area contributed by atoms with Gasteiger partial charge in [-0.2, -0.15) is 0 Å². The lowest BCUT2D eigenvalue weighted by atomic mass is 9.98. The molecule has 0 saturated carbocycles. The Hall–Kier alpha value is -2.53. The number of aldehydes is 1. The third kappa shape index (κ3) is 1.86. The number of para-hydroxylation sites is 1. The number of hydrogen-bond acceptors (Lipinski definition) is 3. The molecule has 0 fully saturated rings. The Morgan fingerprint density at radius 3 is 2.62 bits per heavy atom. The van der Waals surface area contributed by atoms with Crippen molar-refractivity contribution in [3.05, 3.63) is 59.4 Å². The van der Waals surface area contributed by atoms with E-state index in [2.05, 4.69) is 0 Å². The number of anilines is 2. The maximum absolute atomic E-state index is 14.1. The van der Waals surface area contributed by atoms with Crippen molar-refractivity contribution in [2.24, 2.45) is 0 Å². The predicted octanol–water partition coefficient (Wildman–Crippen LogP) is 2.52. The SMILES string of the molecule is CC1(O)C(=O)N(c2cc(C=O)ccc2F)c2ccccc21. The van der Waals surface area contributed by atoms with Gasteiger partial charge in [0, 0.05) is 11.1 Å². The predicted molar refractivity (Wildman–Crippen MR) is 74.9 cm³/mol. The fourth-order valence-electron chi connectivity index (χ4n) is 2.54. The fraction of sp³-hybridized carbons (Fsp3) is 0.125. The second-order valence-corrected chi connectivity index (χ2v) is 5.06. The molecule has 0 bridgehead atoms. The molecule has 2 aromatic rings. The minimum absolute atomic E-state index is 0.0465. The van der Waals surface area contributed by atoms with Gasteiger partial charge in [-0.25, -0.2) is 4.39 Å². The highest BCUT2D eigenvalue weighted by Crippen LogP contribution is 2.44. The number of carbonyl (C=O) groups is 2. The molecular formula is C16H12FNO3. The number of fused-ring (bicyclic) bond motifs is 1. The van der Waals surface area contributed by atoms with E-state index in [0.717, 1.165) is 11.0 Å². The number of aliphatic hydroxyl groups is 1. The van der Waals surface area contributed by atoms with Crippen LogP contribution in [-0.4, -0.2) is 17.3 Å². The molecule has 0 aromatic heterocycles. The van der Waals surface area contributed by atoms with Crippen LogP contribution in [0, 0.1) is 5.82 Å². The molecule has 2 aromatic carbocycles. The van der Waals surface area contributed by atoms with Crippen LogP contribution < -0.4 is 4.90 Å². The van der Waals surface area contributed by atoms with Crippen LogP contribution in [0.15, 0.2) is 42.5 Å². The smallest absolute Gasteiger partial charge is 0.268 e. The molecule has 1 N–H and O–H groups in total. The van der Waals surface area contributed by atoms with Crippen LogP contribution in [0.5, 0.6) is 0 Å². The quantitative estimate of drug-likeness (QED) is 0.863. The molecule has 3 rings (SSSR count). The van der Waals surface area contributed by atoms with E-state index in [-0.39, 0.29) is 11.3 Å². The fourth-order valence-corrected chi connectivity index (χ4v) is 2.54. The Balaban J connectivity index is 2.24. The van der Waals surface area contributed by atoms with Gasteiger partial charge in [-0.3, -0.25) is 14.5 Å². The van der Waals surface area contributed by atoms with E-state index in [9.17, 15) is 19.1 Å². The largest absolute Gasteiger partial charge is 0.375 e. The minimum Gasteiger partial charge on any atom is -0.375 e. The zero-order chi connectivity index (χ0) is 15.2. The summed E-state index contributed by atoms with van der Waals surface area (Å²) in [6, 6.07) is 10.4. The molecule has 1 atom stereocenters. The first-order valence-corrected chi connectivity index (χ1v) is 6.38. The zero-order valence-electron chi connectivity index (χ0n) is 11.2. The molecule has 21 heavy (non-hydrogen) atoms. The van der Waals surface area contributed by atoms with Gasteiger partial charge in [0.05, 0.1) is 11.4 Å². The maximum Gasteiger partial charge on any atom is 0.268 e. The second kappa shape index (κ2) is 4.49. The second-order valence-electron chi connectivity index (χ2n) is 5.06. The lowest BCUT2D eigenvalue weighted by molar-refractivity contribution is -0.133. The number of benzene rings is 2. The standard InChI is InChI=1S/C16H12FNO3/c1-16(21)11-4-2-3-5-13(11)18(15(16)20)14-8-10(9-19)6-7-12(14)17/h2-9,21H,1H3. The van der Waals surface area contributed by atoms with E-state index in [1.807, 2.05) is 0 Å². The van der Waals surface area contributed by atoms with Gasteiger partial charge in [0.1, 0.15) is 12.1 Å². The highest BCUT2D eigenvalue weighted by atomic mass is 19.1. The van der Waals surface area contributed by atoms with Gasteiger partial charge >= 0.3 is 0 Å². The van der Waals surface area contributed by atoms with Gasteiger partial charge in [-0.1, -0.05) is 18.2 Å². The maximum atomic E-state index is 14.1. The molecule has 4 nitrogen and oxygen atoms in total. The number of rotatable bonds is 2. The number of hydrogen-bond donors (Lipinski definition) is 1. The van der Waals surface area contributed by atoms with Crippen molar-refractivity contribution in [2.75, 3.05) is 4.90 Å². The van der Waals surface area contributed by atoms with E-state index >= 15 is 0 Å². The Morgan fingerprint density at radius 2 is 1.90 bits per heavy atom. The van der Waals surface area contributed by atoms with Gasteiger partial charge in [-0.05, 0) is 31.2 Å². The molecule has 0 saturated heterocycles. The normalized spacial score (nSPS) is 20.5. The highest BCUT2D eigenvalue weighted by Gasteiger charge is 2.47. The third-order valence-corrected chi connectivity index (χ3v) is 3.64. The van der Waals surface area contributed by atoms with Crippen molar-refractivity contribution in [1.82, 2.24) is 0 Å². The van der Waals surface area contributed by atoms with E-state index in [4.69, 9.17) is 0 Å². The van der Waals surface area contributed by atoms with Gasteiger partial charge in [-0.15, -0.1) is 0 Å². The number of amides is 1. The summed E-state index contributed by atoms with van der Waals surface area (Å²) >= 11 is 0. The molecule has 1 aliphatic rings. The summed E-state index contributed by atoms with van der Waals surface area (Å²) in [5.41, 5.74) is -0.696. The average Bonchev–Trinajstić information content (AvgIpc) is 2.68. The minimum atomic E-state index is -1.72. The molecule has 1 amide bonds. The molecule has 1 aliphatic heterocycles. The Kier molecular flexibility index (Phi) is 2.88. The first kappa shape index (κ1) is 13.5. The van der Waals surface area contributed by atoms with Crippen molar-refractivity contribution in [3.63, 3.8) is 0 Å². The van der Waals surface area contributed by atoms with Crippen molar-refractivity contribution < 1.29 is 19.1 Å². The summed E-state index contributed by atoms with van der Waals surface area (Å²) in [6.45, 7) is 1.37. The molecule has 0 radical (unpaired) electrons. The highest BCUT2D eigenvalue weighted by molar-refractivity contribution is 6.11. The van der Waals surface area contributed by atoms with Crippen molar-refractivity contribution in [3.8, 4) is 0 Å². The Morgan fingerprint density at radius 1 is 1.19 bits per heavy atom. The van der Waals surface area contributed by atoms with Gasteiger partial charge in [0.2, 0.25) is 0 Å². The molecule has 1 heterocycles. The van der Waals surface area contributed by atoms with Crippen LogP contribution in [0.4, 0.5) is 15.8 Å². The molecule has 0 spiro atoms. The first-order chi connectivity index (χ1) is 9.96. The average molecular weight is 285 g/mol. The molecule has 0 aliphatic carbocycles. The van der Waals surface area contributed by atoms with Crippen molar-refractivity contribution >= 4 is 23.6 Å². The monoisotopic (exact) mass is 285 g/mol. The lowest BCUT2D eigenvalue weighted by Crippen LogP contribution is -2.35. The summed E-state index contributed by atoms with van der Waals surface area (Å²) in [5, 5.41) is 10.4. The lowest BCUT2D eigenvalue weighted by Gasteiger charge is -2.20. The Bertz CT molecular complexity index is 755. The number of carbonyl (C=O) groups excluding carboxylic acids is 2. The summed E-state index contributed by atoms with van der Waals surface area (Å²) in [4.78, 5) is 24.4. The topological polar surface area (TPSA) is 57.6 Å². The van der Waals surface area contributed by atoms with E-state index in [0.29, 0.717) is 17.5 Å². The van der Waals surface area contributed by atoms with Crippen LogP contribution in [0.3, 0.4) is 0 Å². The summed E-state index contributed by atoms with van der Waals surface area (Å²) in [5.74, 6) is -1.29. The van der Waals surface area contributed by atoms with Crippen LogP contribution in [0.2, 0.25) is 0 Å². The van der Waals surface area contributed by atoms with Crippen LogP contribution in [0.25, 0.3) is 0 Å².